The van der Waals surface area contributed by atoms with Gasteiger partial charge in [0.05, 0.1) is 12.2 Å². The minimum Gasteiger partial charge on any atom is -0.466 e. The monoisotopic (exact) mass is 279 g/mol. The fourth-order valence-electron chi connectivity index (χ4n) is 2.66. The van der Waals surface area contributed by atoms with Gasteiger partial charge in [0, 0.05) is 6.54 Å². The number of esters is 1. The number of rotatable bonds is 3. The first-order chi connectivity index (χ1) is 9.54. The topological polar surface area (TPSA) is 59.8 Å². The lowest BCUT2D eigenvalue weighted by Gasteiger charge is -2.33. The van der Waals surface area contributed by atoms with E-state index in [9.17, 15) is 9.59 Å². The maximum atomic E-state index is 12.6. The molecule has 1 aromatic rings. The standard InChI is InChI=1S/C15H21NO4/c1-4-19-15(18)13-7-5-6-8-16(13)14(17)12-9-10(2)20-11(12)3/h9,13H,4-8H2,1-3H3. The Morgan fingerprint density at radius 1 is 1.40 bits per heavy atom. The minimum absolute atomic E-state index is 0.142. The van der Waals surface area contributed by atoms with E-state index in [1.54, 1.807) is 24.8 Å². The van der Waals surface area contributed by atoms with E-state index in [0.29, 0.717) is 36.7 Å². The molecule has 5 heteroatoms. The van der Waals surface area contributed by atoms with Gasteiger partial charge in [-0.1, -0.05) is 0 Å². The molecule has 1 unspecified atom stereocenters. The lowest BCUT2D eigenvalue weighted by molar-refractivity contribution is -0.149. The number of aryl methyl sites for hydroxylation is 2. The van der Waals surface area contributed by atoms with Crippen molar-refractivity contribution < 1.29 is 18.7 Å². The Kier molecular flexibility index (Phi) is 4.47. The lowest BCUT2D eigenvalue weighted by Crippen LogP contribution is -2.48. The fourth-order valence-corrected chi connectivity index (χ4v) is 2.66. The summed E-state index contributed by atoms with van der Waals surface area (Å²) in [6.07, 6.45) is 2.52. The van der Waals surface area contributed by atoms with Crippen molar-refractivity contribution in [1.29, 1.82) is 0 Å². The molecule has 1 fully saturated rings. The Morgan fingerprint density at radius 2 is 2.15 bits per heavy atom. The number of likely N-dealkylation sites (tertiary alicyclic amines) is 1. The summed E-state index contributed by atoms with van der Waals surface area (Å²) in [5.41, 5.74) is 0.540. The van der Waals surface area contributed by atoms with Gasteiger partial charge >= 0.3 is 5.97 Å². The summed E-state index contributed by atoms with van der Waals surface area (Å²) in [6, 6.07) is 1.26. The zero-order valence-electron chi connectivity index (χ0n) is 12.3. The highest BCUT2D eigenvalue weighted by Crippen LogP contribution is 2.23. The lowest BCUT2D eigenvalue weighted by atomic mass is 10.0. The van der Waals surface area contributed by atoms with E-state index in [1.165, 1.54) is 0 Å². The predicted molar refractivity (Wildman–Crippen MR) is 73.5 cm³/mol. The van der Waals surface area contributed by atoms with Gasteiger partial charge in [0.2, 0.25) is 0 Å². The molecule has 20 heavy (non-hydrogen) atoms. The maximum absolute atomic E-state index is 12.6. The molecule has 1 atom stereocenters. The summed E-state index contributed by atoms with van der Waals surface area (Å²) in [5, 5.41) is 0. The van der Waals surface area contributed by atoms with Crippen molar-refractivity contribution in [2.24, 2.45) is 0 Å². The maximum Gasteiger partial charge on any atom is 0.328 e. The third-order valence-electron chi connectivity index (χ3n) is 3.59. The number of hydrogen-bond acceptors (Lipinski definition) is 4. The van der Waals surface area contributed by atoms with E-state index in [0.717, 1.165) is 12.8 Å². The summed E-state index contributed by atoms with van der Waals surface area (Å²) in [7, 11) is 0. The quantitative estimate of drug-likeness (QED) is 0.797. The minimum atomic E-state index is -0.467. The zero-order valence-corrected chi connectivity index (χ0v) is 12.3. The van der Waals surface area contributed by atoms with Crippen molar-refractivity contribution in [1.82, 2.24) is 4.90 Å². The van der Waals surface area contributed by atoms with Gasteiger partial charge in [-0.25, -0.2) is 4.79 Å². The van der Waals surface area contributed by atoms with Crippen LogP contribution >= 0.6 is 0 Å². The van der Waals surface area contributed by atoms with Crippen molar-refractivity contribution in [2.45, 2.75) is 46.1 Å². The molecule has 0 radical (unpaired) electrons. The van der Waals surface area contributed by atoms with Crippen LogP contribution in [0.5, 0.6) is 0 Å². The number of furan rings is 1. The van der Waals surface area contributed by atoms with Crippen molar-refractivity contribution in [3.05, 3.63) is 23.2 Å². The van der Waals surface area contributed by atoms with E-state index < -0.39 is 6.04 Å². The van der Waals surface area contributed by atoms with E-state index in [1.807, 2.05) is 6.92 Å². The number of ether oxygens (including phenoxy) is 1. The number of nitrogens with zero attached hydrogens (tertiary/aromatic N) is 1. The number of piperidine rings is 1. The molecule has 2 rings (SSSR count). The molecule has 1 saturated heterocycles. The molecule has 0 spiro atoms. The smallest absolute Gasteiger partial charge is 0.328 e. The molecule has 1 aromatic heterocycles. The molecule has 110 valence electrons. The van der Waals surface area contributed by atoms with Crippen LogP contribution in [0.25, 0.3) is 0 Å². The Balaban J connectivity index is 2.21. The van der Waals surface area contributed by atoms with Crippen LogP contribution in [0.3, 0.4) is 0 Å². The second kappa shape index (κ2) is 6.11. The first-order valence-electron chi connectivity index (χ1n) is 7.09. The van der Waals surface area contributed by atoms with Crippen LogP contribution < -0.4 is 0 Å². The largest absolute Gasteiger partial charge is 0.466 e. The van der Waals surface area contributed by atoms with Gasteiger partial charge in [0.15, 0.2) is 0 Å². The number of carbonyl (C=O) groups is 2. The number of amides is 1. The average Bonchev–Trinajstić information content (AvgIpc) is 2.77. The highest BCUT2D eigenvalue weighted by molar-refractivity contribution is 5.97. The summed E-state index contributed by atoms with van der Waals surface area (Å²) in [5.74, 6) is 0.853. The van der Waals surface area contributed by atoms with Crippen LogP contribution in [0.1, 0.15) is 48.1 Å². The van der Waals surface area contributed by atoms with Crippen molar-refractivity contribution in [3.63, 3.8) is 0 Å². The summed E-state index contributed by atoms with van der Waals surface area (Å²) in [6.45, 7) is 6.27. The van der Waals surface area contributed by atoms with E-state index >= 15 is 0 Å². The van der Waals surface area contributed by atoms with Crippen molar-refractivity contribution in [2.75, 3.05) is 13.2 Å². The van der Waals surface area contributed by atoms with Crippen molar-refractivity contribution in [3.8, 4) is 0 Å². The third kappa shape index (κ3) is 2.86. The molecular weight excluding hydrogens is 258 g/mol. The average molecular weight is 279 g/mol. The third-order valence-corrected chi connectivity index (χ3v) is 3.59. The van der Waals surface area contributed by atoms with Crippen LogP contribution in [0.4, 0.5) is 0 Å². The van der Waals surface area contributed by atoms with Gasteiger partial charge in [-0.3, -0.25) is 4.79 Å². The Morgan fingerprint density at radius 3 is 2.75 bits per heavy atom. The van der Waals surface area contributed by atoms with Gasteiger partial charge in [0.1, 0.15) is 17.6 Å². The second-order valence-corrected chi connectivity index (χ2v) is 5.09. The Labute approximate surface area is 118 Å². The van der Waals surface area contributed by atoms with Crippen LogP contribution in [0, 0.1) is 13.8 Å². The van der Waals surface area contributed by atoms with Crippen LogP contribution in [-0.2, 0) is 9.53 Å². The highest BCUT2D eigenvalue weighted by atomic mass is 16.5. The van der Waals surface area contributed by atoms with Crippen LogP contribution in [0.2, 0.25) is 0 Å². The first-order valence-corrected chi connectivity index (χ1v) is 7.09. The molecule has 5 nitrogen and oxygen atoms in total. The van der Waals surface area contributed by atoms with Crippen LogP contribution in [0.15, 0.2) is 10.5 Å². The zero-order chi connectivity index (χ0) is 14.7. The predicted octanol–water partition coefficient (Wildman–Crippen LogP) is 2.45. The van der Waals surface area contributed by atoms with Gasteiger partial charge in [-0.15, -0.1) is 0 Å². The molecule has 0 aliphatic carbocycles. The van der Waals surface area contributed by atoms with Crippen molar-refractivity contribution >= 4 is 11.9 Å². The summed E-state index contributed by atoms with van der Waals surface area (Å²) >= 11 is 0. The van der Waals surface area contributed by atoms with E-state index in [-0.39, 0.29) is 11.9 Å². The first kappa shape index (κ1) is 14.6. The summed E-state index contributed by atoms with van der Waals surface area (Å²) in [4.78, 5) is 26.2. The molecule has 0 saturated carbocycles. The van der Waals surface area contributed by atoms with Gasteiger partial charge in [-0.05, 0) is 46.1 Å². The Hall–Kier alpha value is -1.78. The molecule has 0 N–H and O–H groups in total. The molecular formula is C15H21NO4. The molecule has 1 amide bonds. The normalized spacial score (nSPS) is 18.9. The van der Waals surface area contributed by atoms with E-state index in [4.69, 9.17) is 9.15 Å². The SMILES string of the molecule is CCOC(=O)C1CCCCN1C(=O)c1cc(C)oc1C. The molecule has 2 heterocycles. The second-order valence-electron chi connectivity index (χ2n) is 5.09. The molecule has 1 aliphatic rings. The molecule has 1 aliphatic heterocycles. The van der Waals surface area contributed by atoms with Gasteiger partial charge in [0.25, 0.3) is 5.91 Å². The molecule has 0 bridgehead atoms. The van der Waals surface area contributed by atoms with Crippen LogP contribution in [-0.4, -0.2) is 36.0 Å². The fraction of sp³-hybridized carbons (Fsp3) is 0.600. The van der Waals surface area contributed by atoms with Gasteiger partial charge in [-0.2, -0.15) is 0 Å². The molecule has 0 aromatic carbocycles. The van der Waals surface area contributed by atoms with Gasteiger partial charge < -0.3 is 14.1 Å². The number of hydrogen-bond donors (Lipinski definition) is 0. The summed E-state index contributed by atoms with van der Waals surface area (Å²) < 4.78 is 10.5. The number of carbonyl (C=O) groups excluding carboxylic acids is 2. The van der Waals surface area contributed by atoms with E-state index in [2.05, 4.69) is 0 Å². The highest BCUT2D eigenvalue weighted by Gasteiger charge is 2.34. The Bertz CT molecular complexity index is 506.